The van der Waals surface area contributed by atoms with Gasteiger partial charge in [-0.05, 0) is 51.4 Å². The van der Waals surface area contributed by atoms with Gasteiger partial charge < -0.3 is 20.3 Å². The molecule has 314 valence electrons. The van der Waals surface area contributed by atoms with E-state index in [2.05, 4.69) is 31.3 Å². The molecule has 0 radical (unpaired) electrons. The van der Waals surface area contributed by atoms with Crippen LogP contribution in [0.3, 0.4) is 0 Å². The summed E-state index contributed by atoms with van der Waals surface area (Å²) >= 11 is 0. The van der Waals surface area contributed by atoms with Crippen molar-refractivity contribution >= 4 is 11.9 Å². The lowest BCUT2D eigenvalue weighted by Gasteiger charge is -2.22. The highest BCUT2D eigenvalue weighted by molar-refractivity contribution is 5.76. The molecule has 0 bridgehead atoms. The highest BCUT2D eigenvalue weighted by atomic mass is 16.5. The Balaban J connectivity index is 3.48. The van der Waals surface area contributed by atoms with Gasteiger partial charge in [0.05, 0.1) is 25.4 Å². The van der Waals surface area contributed by atoms with Crippen molar-refractivity contribution in [3.63, 3.8) is 0 Å². The van der Waals surface area contributed by atoms with E-state index in [4.69, 9.17) is 4.74 Å². The molecule has 0 aliphatic heterocycles. The van der Waals surface area contributed by atoms with Crippen molar-refractivity contribution in [1.82, 2.24) is 5.32 Å². The zero-order valence-corrected chi connectivity index (χ0v) is 35.5. The van der Waals surface area contributed by atoms with Crippen LogP contribution in [0.4, 0.5) is 0 Å². The van der Waals surface area contributed by atoms with E-state index in [1.54, 1.807) is 0 Å². The summed E-state index contributed by atoms with van der Waals surface area (Å²) in [6.45, 7) is 4.87. The van der Waals surface area contributed by atoms with Crippen LogP contribution >= 0.6 is 0 Å². The van der Waals surface area contributed by atoms with Gasteiger partial charge in [0.15, 0.2) is 0 Å². The number of aliphatic hydroxyl groups is 2. The maximum Gasteiger partial charge on any atom is 0.305 e. The number of allylic oxidation sites excluding steroid dienone is 2. The maximum atomic E-state index is 12.4. The van der Waals surface area contributed by atoms with E-state index in [9.17, 15) is 19.8 Å². The van der Waals surface area contributed by atoms with Gasteiger partial charge in [0.25, 0.3) is 0 Å². The number of ether oxygens (including phenoxy) is 1. The molecule has 0 aliphatic rings. The SMILES string of the molecule is CCCCC/C=C\CCCCCCCC(=O)OCCCCCCCCCCCCCC(=O)NC(CO)C(O)CCCCCCCCCCCCCCC. The fraction of sp³-hybridized carbons (Fsp3) is 0.915. The summed E-state index contributed by atoms with van der Waals surface area (Å²) in [6.07, 6.45) is 47.3. The van der Waals surface area contributed by atoms with Crippen LogP contribution in [-0.4, -0.2) is 47.4 Å². The number of nitrogens with one attached hydrogen (secondary N) is 1. The molecule has 0 aromatic heterocycles. The van der Waals surface area contributed by atoms with Crippen LogP contribution in [-0.2, 0) is 14.3 Å². The van der Waals surface area contributed by atoms with Crippen molar-refractivity contribution in [3.8, 4) is 0 Å². The third kappa shape index (κ3) is 40.1. The number of carbonyl (C=O) groups is 2. The third-order valence-electron chi connectivity index (χ3n) is 10.8. The first kappa shape index (κ1) is 51.6. The van der Waals surface area contributed by atoms with Crippen LogP contribution in [0, 0.1) is 0 Å². The molecule has 0 saturated carbocycles. The van der Waals surface area contributed by atoms with Gasteiger partial charge in [-0.1, -0.05) is 199 Å². The molecule has 6 nitrogen and oxygen atoms in total. The summed E-state index contributed by atoms with van der Waals surface area (Å²) in [4.78, 5) is 24.4. The van der Waals surface area contributed by atoms with Gasteiger partial charge in [0.1, 0.15) is 0 Å². The Kier molecular flexibility index (Phi) is 42.2. The monoisotopic (exact) mass is 750 g/mol. The Morgan fingerprint density at radius 2 is 0.887 bits per heavy atom. The number of aliphatic hydroxyl groups excluding tert-OH is 2. The predicted octanol–water partition coefficient (Wildman–Crippen LogP) is 13.4. The maximum absolute atomic E-state index is 12.4. The van der Waals surface area contributed by atoms with Gasteiger partial charge in [0, 0.05) is 12.8 Å². The lowest BCUT2D eigenvalue weighted by atomic mass is 10.0. The van der Waals surface area contributed by atoms with Gasteiger partial charge in [-0.25, -0.2) is 0 Å². The topological polar surface area (TPSA) is 95.9 Å². The number of unbranched alkanes of at least 4 members (excludes halogenated alkanes) is 30. The Morgan fingerprint density at radius 1 is 0.509 bits per heavy atom. The molecular weight excluding hydrogens is 659 g/mol. The van der Waals surface area contributed by atoms with Gasteiger partial charge in [-0.2, -0.15) is 0 Å². The molecule has 0 aromatic carbocycles. The second-order valence-corrected chi connectivity index (χ2v) is 16.1. The second kappa shape index (κ2) is 43.3. The summed E-state index contributed by atoms with van der Waals surface area (Å²) in [7, 11) is 0. The zero-order valence-electron chi connectivity index (χ0n) is 35.5. The van der Waals surface area contributed by atoms with Gasteiger partial charge in [-0.3, -0.25) is 9.59 Å². The second-order valence-electron chi connectivity index (χ2n) is 16.1. The van der Waals surface area contributed by atoms with Crippen molar-refractivity contribution in [3.05, 3.63) is 12.2 Å². The normalized spacial score (nSPS) is 12.8. The van der Waals surface area contributed by atoms with E-state index in [1.807, 2.05) is 0 Å². The number of rotatable bonds is 43. The van der Waals surface area contributed by atoms with Crippen LogP contribution in [0.15, 0.2) is 12.2 Å². The first-order valence-electron chi connectivity index (χ1n) is 23.4. The first-order chi connectivity index (χ1) is 26.0. The van der Waals surface area contributed by atoms with E-state index in [0.717, 1.165) is 57.8 Å². The molecule has 0 aromatic rings. The Bertz CT molecular complexity index is 787. The summed E-state index contributed by atoms with van der Waals surface area (Å²) < 4.78 is 5.43. The van der Waals surface area contributed by atoms with Crippen molar-refractivity contribution in [2.24, 2.45) is 0 Å². The largest absolute Gasteiger partial charge is 0.466 e. The zero-order chi connectivity index (χ0) is 38.7. The average molecular weight is 750 g/mol. The van der Waals surface area contributed by atoms with Crippen molar-refractivity contribution in [2.45, 2.75) is 264 Å². The molecule has 0 rings (SSSR count). The molecule has 0 aliphatic carbocycles. The smallest absolute Gasteiger partial charge is 0.305 e. The van der Waals surface area contributed by atoms with Crippen LogP contribution in [0.5, 0.6) is 0 Å². The molecular formula is C47H91NO5. The molecule has 53 heavy (non-hydrogen) atoms. The number of hydrogen-bond donors (Lipinski definition) is 3. The summed E-state index contributed by atoms with van der Waals surface area (Å²) in [6, 6.07) is -0.553. The van der Waals surface area contributed by atoms with E-state index in [-0.39, 0.29) is 18.5 Å². The average Bonchev–Trinajstić information content (AvgIpc) is 3.16. The molecule has 0 spiro atoms. The van der Waals surface area contributed by atoms with Crippen LogP contribution in [0.25, 0.3) is 0 Å². The van der Waals surface area contributed by atoms with E-state index < -0.39 is 12.1 Å². The molecule has 2 unspecified atom stereocenters. The van der Waals surface area contributed by atoms with E-state index in [1.165, 1.54) is 161 Å². The molecule has 1 amide bonds. The van der Waals surface area contributed by atoms with Crippen molar-refractivity contribution in [2.75, 3.05) is 13.2 Å². The summed E-state index contributed by atoms with van der Waals surface area (Å²) in [5, 5.41) is 23.1. The van der Waals surface area contributed by atoms with Crippen LogP contribution in [0.1, 0.15) is 251 Å². The Labute approximate surface area is 329 Å². The number of esters is 1. The summed E-state index contributed by atoms with van der Waals surface area (Å²) in [5.41, 5.74) is 0. The highest BCUT2D eigenvalue weighted by Crippen LogP contribution is 2.16. The van der Waals surface area contributed by atoms with Crippen LogP contribution < -0.4 is 5.32 Å². The molecule has 6 heteroatoms. The van der Waals surface area contributed by atoms with Crippen molar-refractivity contribution in [1.29, 1.82) is 0 Å². The number of hydrogen-bond acceptors (Lipinski definition) is 5. The number of carbonyl (C=O) groups excluding carboxylic acids is 2. The molecule has 0 fully saturated rings. The van der Waals surface area contributed by atoms with Crippen molar-refractivity contribution < 1.29 is 24.5 Å². The minimum atomic E-state index is -0.674. The van der Waals surface area contributed by atoms with E-state index in [0.29, 0.717) is 25.9 Å². The van der Waals surface area contributed by atoms with Gasteiger partial charge in [0.2, 0.25) is 5.91 Å². The fourth-order valence-corrected chi connectivity index (χ4v) is 7.16. The first-order valence-corrected chi connectivity index (χ1v) is 23.4. The molecule has 0 saturated heterocycles. The molecule has 0 heterocycles. The minimum absolute atomic E-state index is 0.0239. The predicted molar refractivity (Wildman–Crippen MR) is 227 cm³/mol. The molecule has 2 atom stereocenters. The quantitative estimate of drug-likeness (QED) is 0.0328. The van der Waals surface area contributed by atoms with E-state index >= 15 is 0 Å². The number of amides is 1. The van der Waals surface area contributed by atoms with Crippen LogP contribution in [0.2, 0.25) is 0 Å². The fourth-order valence-electron chi connectivity index (χ4n) is 7.16. The minimum Gasteiger partial charge on any atom is -0.466 e. The Hall–Kier alpha value is -1.40. The van der Waals surface area contributed by atoms with Gasteiger partial charge in [-0.15, -0.1) is 0 Å². The highest BCUT2D eigenvalue weighted by Gasteiger charge is 2.20. The lowest BCUT2D eigenvalue weighted by Crippen LogP contribution is -2.45. The third-order valence-corrected chi connectivity index (χ3v) is 10.8. The molecule has 3 N–H and O–H groups in total. The summed E-state index contributed by atoms with van der Waals surface area (Å²) in [5.74, 6) is -0.0785. The standard InChI is InChI=1S/C47H91NO5/c1-3-5-7-9-11-13-15-17-19-23-27-31-35-39-45(50)44(43-49)48-46(51)40-36-32-28-24-20-18-22-26-30-34-38-42-53-47(52)41-37-33-29-25-21-16-14-12-10-8-6-4-2/h12,14,44-45,49-50H,3-11,13,15-43H2,1-2H3,(H,48,51)/b14-12-. The Morgan fingerprint density at radius 3 is 1.38 bits per heavy atom. The van der Waals surface area contributed by atoms with Gasteiger partial charge >= 0.3 is 5.97 Å². The lowest BCUT2D eigenvalue weighted by molar-refractivity contribution is -0.143.